The number of hydrogen-bond donors (Lipinski definition) is 4. The van der Waals surface area contributed by atoms with Gasteiger partial charge in [-0.2, -0.15) is 0 Å². The van der Waals surface area contributed by atoms with Gasteiger partial charge in [-0.3, -0.25) is 4.79 Å². The van der Waals surface area contributed by atoms with E-state index < -0.39 is 11.8 Å². The van der Waals surface area contributed by atoms with Crippen LogP contribution in [0.25, 0.3) is 0 Å². The summed E-state index contributed by atoms with van der Waals surface area (Å²) in [6.07, 6.45) is 3.15. The Bertz CT molecular complexity index is 1060. The molecule has 8 nitrogen and oxygen atoms in total. The molecule has 0 unspecified atom stereocenters. The zero-order valence-corrected chi connectivity index (χ0v) is 20.3. The molecule has 35 heavy (non-hydrogen) atoms. The van der Waals surface area contributed by atoms with Crippen molar-refractivity contribution in [1.82, 2.24) is 9.97 Å². The lowest BCUT2D eigenvalue weighted by Gasteiger charge is -2.34. The van der Waals surface area contributed by atoms with Crippen molar-refractivity contribution in [3.63, 3.8) is 0 Å². The van der Waals surface area contributed by atoms with Crippen molar-refractivity contribution >= 4 is 28.9 Å². The molecule has 190 valence electrons. The van der Waals surface area contributed by atoms with Crippen molar-refractivity contribution in [3.8, 4) is 0 Å². The molecule has 1 aliphatic heterocycles. The molecular formula is C25H34F2N6O2. The van der Waals surface area contributed by atoms with Gasteiger partial charge < -0.3 is 26.4 Å². The Labute approximate surface area is 204 Å². The van der Waals surface area contributed by atoms with Crippen LogP contribution in [0, 0.1) is 6.92 Å². The van der Waals surface area contributed by atoms with Crippen molar-refractivity contribution in [1.29, 1.82) is 0 Å². The zero-order chi connectivity index (χ0) is 25.2. The third-order valence-corrected chi connectivity index (χ3v) is 6.87. The molecule has 1 aromatic carbocycles. The number of aryl methyl sites for hydroxylation is 2. The first-order chi connectivity index (χ1) is 16.6. The van der Waals surface area contributed by atoms with Gasteiger partial charge in [0.2, 0.25) is 0 Å². The molecular weight excluding hydrogens is 454 g/mol. The number of carbonyl (C=O) groups excluding carboxylic acids is 1. The lowest BCUT2D eigenvalue weighted by Crippen LogP contribution is -2.39. The number of aliphatic hydroxyl groups is 1. The van der Waals surface area contributed by atoms with E-state index >= 15 is 0 Å². The lowest BCUT2D eigenvalue weighted by molar-refractivity contribution is -0.0220. The maximum atomic E-state index is 13.6. The summed E-state index contributed by atoms with van der Waals surface area (Å²) >= 11 is 0. The molecule has 2 heterocycles. The Morgan fingerprint density at radius 3 is 2.46 bits per heavy atom. The highest BCUT2D eigenvalue weighted by molar-refractivity contribution is 5.96. The highest BCUT2D eigenvalue weighted by Gasteiger charge is 2.34. The fourth-order valence-corrected chi connectivity index (χ4v) is 4.80. The van der Waals surface area contributed by atoms with E-state index in [1.54, 1.807) is 0 Å². The summed E-state index contributed by atoms with van der Waals surface area (Å²) < 4.78 is 27.1. The molecule has 1 saturated heterocycles. The van der Waals surface area contributed by atoms with E-state index in [-0.39, 0.29) is 36.5 Å². The number of carbonyl (C=O) groups is 1. The Morgan fingerprint density at radius 2 is 1.86 bits per heavy atom. The second-order valence-corrected chi connectivity index (χ2v) is 9.55. The van der Waals surface area contributed by atoms with Crippen LogP contribution in [0.3, 0.4) is 0 Å². The predicted octanol–water partition coefficient (Wildman–Crippen LogP) is 4.14. The van der Waals surface area contributed by atoms with Crippen LogP contribution in [-0.4, -0.2) is 52.1 Å². The van der Waals surface area contributed by atoms with Crippen LogP contribution in [0.4, 0.5) is 31.8 Å². The summed E-state index contributed by atoms with van der Waals surface area (Å²) in [7, 11) is 0. The summed E-state index contributed by atoms with van der Waals surface area (Å²) in [4.78, 5) is 23.3. The van der Waals surface area contributed by atoms with Gasteiger partial charge in [-0.25, -0.2) is 18.7 Å². The average Bonchev–Trinajstić information content (AvgIpc) is 2.81. The number of aliphatic hydroxyl groups excluding tert-OH is 1. The van der Waals surface area contributed by atoms with E-state index in [9.17, 15) is 18.7 Å². The van der Waals surface area contributed by atoms with Gasteiger partial charge in [0.15, 0.2) is 11.5 Å². The van der Waals surface area contributed by atoms with E-state index in [1.807, 2.05) is 36.9 Å². The van der Waals surface area contributed by atoms with Gasteiger partial charge in [-0.15, -0.1) is 0 Å². The third-order valence-electron chi connectivity index (χ3n) is 6.87. The quantitative estimate of drug-likeness (QED) is 0.463. The minimum Gasteiger partial charge on any atom is -0.393 e. The Morgan fingerprint density at radius 1 is 1.17 bits per heavy atom. The van der Waals surface area contributed by atoms with Gasteiger partial charge in [0, 0.05) is 43.3 Å². The molecule has 1 saturated carbocycles. The third kappa shape index (κ3) is 5.98. The monoisotopic (exact) mass is 488 g/mol. The number of aromatic nitrogens is 2. The second kappa shape index (κ2) is 10.3. The number of rotatable bonds is 7. The summed E-state index contributed by atoms with van der Waals surface area (Å²) in [5.41, 5.74) is 8.87. The Hall–Kier alpha value is -3.01. The molecule has 4 rings (SSSR count). The van der Waals surface area contributed by atoms with Crippen LogP contribution in [0.15, 0.2) is 18.2 Å². The molecule has 1 aliphatic carbocycles. The number of nitrogens with two attached hydrogens (primary N) is 1. The molecule has 2 fully saturated rings. The van der Waals surface area contributed by atoms with Crippen LogP contribution in [0.2, 0.25) is 0 Å². The van der Waals surface area contributed by atoms with Crippen molar-refractivity contribution < 1.29 is 18.7 Å². The molecule has 5 N–H and O–H groups in total. The van der Waals surface area contributed by atoms with Crippen LogP contribution < -0.4 is 21.3 Å². The molecule has 1 aromatic heterocycles. The van der Waals surface area contributed by atoms with Crippen molar-refractivity contribution in [2.45, 2.75) is 76.9 Å². The molecule has 1 amide bonds. The van der Waals surface area contributed by atoms with E-state index in [2.05, 4.69) is 20.6 Å². The topological polar surface area (TPSA) is 116 Å². The van der Waals surface area contributed by atoms with Gasteiger partial charge in [0.1, 0.15) is 5.82 Å². The number of benzene rings is 1. The van der Waals surface area contributed by atoms with E-state index in [1.165, 1.54) is 0 Å². The number of alkyl halides is 2. The predicted molar refractivity (Wildman–Crippen MR) is 133 cm³/mol. The Balaban J connectivity index is 1.56. The summed E-state index contributed by atoms with van der Waals surface area (Å²) in [5, 5.41) is 16.4. The number of piperidine rings is 1. The van der Waals surface area contributed by atoms with E-state index in [0.29, 0.717) is 36.7 Å². The summed E-state index contributed by atoms with van der Waals surface area (Å²) in [6.45, 7) is 4.49. The first kappa shape index (κ1) is 25.1. The van der Waals surface area contributed by atoms with Gasteiger partial charge in [0.25, 0.3) is 11.8 Å². The van der Waals surface area contributed by atoms with Gasteiger partial charge >= 0.3 is 0 Å². The minimum absolute atomic E-state index is 0.0615. The number of amides is 1. The maximum absolute atomic E-state index is 13.6. The first-order valence-corrected chi connectivity index (χ1v) is 12.3. The second-order valence-electron chi connectivity index (χ2n) is 9.55. The van der Waals surface area contributed by atoms with Gasteiger partial charge in [0.05, 0.1) is 11.8 Å². The van der Waals surface area contributed by atoms with Crippen LogP contribution in [-0.2, 0) is 6.42 Å². The number of anilines is 4. The summed E-state index contributed by atoms with van der Waals surface area (Å²) in [6, 6.07) is 5.80. The van der Waals surface area contributed by atoms with Crippen LogP contribution >= 0.6 is 0 Å². The zero-order valence-electron chi connectivity index (χ0n) is 20.3. The summed E-state index contributed by atoms with van der Waals surface area (Å²) in [5.74, 6) is -2.41. The molecule has 0 bridgehead atoms. The Kier molecular flexibility index (Phi) is 7.39. The maximum Gasteiger partial charge on any atom is 0.271 e. The van der Waals surface area contributed by atoms with Crippen LogP contribution in [0.1, 0.15) is 67.2 Å². The van der Waals surface area contributed by atoms with E-state index in [4.69, 9.17) is 5.73 Å². The largest absolute Gasteiger partial charge is 0.393 e. The number of primary amides is 1. The molecule has 2 aliphatic rings. The highest BCUT2D eigenvalue weighted by Crippen LogP contribution is 2.33. The van der Waals surface area contributed by atoms with Crippen molar-refractivity contribution in [2.75, 3.05) is 28.6 Å². The van der Waals surface area contributed by atoms with E-state index in [0.717, 1.165) is 36.9 Å². The highest BCUT2D eigenvalue weighted by atomic mass is 19.3. The van der Waals surface area contributed by atoms with Crippen molar-refractivity contribution in [2.24, 2.45) is 5.73 Å². The minimum atomic E-state index is -2.59. The molecule has 10 heteroatoms. The molecule has 0 atom stereocenters. The molecule has 0 radical (unpaired) electrons. The fourth-order valence-electron chi connectivity index (χ4n) is 4.80. The lowest BCUT2D eigenvalue weighted by atomic mass is 9.93. The fraction of sp³-hybridized carbons (Fsp3) is 0.560. The van der Waals surface area contributed by atoms with Crippen LogP contribution in [0.5, 0.6) is 0 Å². The standard InChI is InChI=1S/C25H34F2N6O2/c1-3-19-23(29-16-4-7-18(34)8-5-16)32-24(21(31-19)22(28)35)30-17-6-9-20(15(2)14-17)33-12-10-25(26,27)11-13-33/h6,9,14,16,18,34H,3-5,7-8,10-13H2,1-2H3,(H2,28,35)(H2,29,30,32)/t16-,18-. The average molecular weight is 489 g/mol. The normalized spacial score (nSPS) is 22.0. The number of halogens is 2. The van der Waals surface area contributed by atoms with Gasteiger partial charge in [-0.05, 0) is 62.8 Å². The smallest absolute Gasteiger partial charge is 0.271 e. The molecule has 2 aromatic rings. The molecule has 0 spiro atoms. The SMILES string of the molecule is CCc1nc(C(N)=O)c(Nc2ccc(N3CCC(F)(F)CC3)c(C)c2)nc1N[C@H]1CC[C@H](O)CC1. The number of nitrogens with zero attached hydrogens (tertiary/aromatic N) is 3. The number of nitrogens with one attached hydrogen (secondary N) is 2. The number of hydrogen-bond acceptors (Lipinski definition) is 7. The first-order valence-electron chi connectivity index (χ1n) is 12.3. The van der Waals surface area contributed by atoms with Crippen molar-refractivity contribution in [3.05, 3.63) is 35.2 Å². The van der Waals surface area contributed by atoms with Gasteiger partial charge in [-0.1, -0.05) is 6.92 Å².